The van der Waals surface area contributed by atoms with Crippen LogP contribution in [0.3, 0.4) is 0 Å². The van der Waals surface area contributed by atoms with Crippen molar-refractivity contribution in [1.82, 2.24) is 25.8 Å². The number of Topliss-reactive ketones (excluding diaryl/α,β-unsaturated/α-hetero) is 1. The summed E-state index contributed by atoms with van der Waals surface area (Å²) in [5.74, 6) is -0.240. The van der Waals surface area contributed by atoms with Gasteiger partial charge in [0.05, 0.1) is 18.2 Å². The summed E-state index contributed by atoms with van der Waals surface area (Å²) in [5, 5.41) is 21.0. The second-order valence-corrected chi connectivity index (χ2v) is 15.6. The molecule has 0 spiro atoms. The average molecular weight is 662 g/mol. The smallest absolute Gasteiger partial charge is 0.270 e. The number of carbonyl (C=O) groups is 4. The van der Waals surface area contributed by atoms with Gasteiger partial charge in [-0.3, -0.25) is 24.3 Å². The van der Waals surface area contributed by atoms with E-state index in [9.17, 15) is 24.3 Å². The van der Waals surface area contributed by atoms with Gasteiger partial charge in [-0.15, -0.1) is 0 Å². The van der Waals surface area contributed by atoms with E-state index in [0.29, 0.717) is 24.8 Å². The lowest BCUT2D eigenvalue weighted by Gasteiger charge is -2.47. The molecule has 2 fully saturated rings. The van der Waals surface area contributed by atoms with Gasteiger partial charge in [-0.1, -0.05) is 69.5 Å². The number of hydrogen-bond acceptors (Lipinski definition) is 7. The Hall–Kier alpha value is -3.63. The maximum absolute atomic E-state index is 14.2. The normalized spacial score (nSPS) is 22.0. The number of nitrogens with zero attached hydrogens (tertiary/aromatic N) is 2. The number of aliphatic hydroxyl groups excluding tert-OH is 1. The van der Waals surface area contributed by atoms with Crippen LogP contribution in [0.4, 0.5) is 0 Å². The van der Waals surface area contributed by atoms with E-state index >= 15 is 0 Å². The standard InChI is InChI=1S/C38H55N5O5/c1-25(44)22-38(5,6)33(41-34(46)29-18-12-13-19-39-29)36(48)40-30(20-26-14-8-7-9-15-26)32(45)24-43-23-28-17-11-10-16-27(28)21-31(43)35(47)42-37(2,3)4/h7-9,12-15,18-19,27-28,30-33,45H,10-11,16-17,20-24H2,1-6H3,(H,40,48)(H,41,46)(H,42,47)/t27-,28?,30-,31-,32+,33+/m0/s1. The molecule has 10 heteroatoms. The minimum Gasteiger partial charge on any atom is -0.390 e. The molecule has 3 amide bonds. The molecule has 1 saturated carbocycles. The summed E-state index contributed by atoms with van der Waals surface area (Å²) < 4.78 is 0. The molecule has 0 radical (unpaired) electrons. The number of likely N-dealkylation sites (tertiary alicyclic amines) is 1. The second kappa shape index (κ2) is 16.2. The summed E-state index contributed by atoms with van der Waals surface area (Å²) in [4.78, 5) is 59.6. The van der Waals surface area contributed by atoms with E-state index < -0.39 is 41.0 Å². The van der Waals surface area contributed by atoms with Crippen molar-refractivity contribution < 1.29 is 24.3 Å². The monoisotopic (exact) mass is 661 g/mol. The molecule has 1 aromatic carbocycles. The third-order valence-corrected chi connectivity index (χ3v) is 9.74. The van der Waals surface area contributed by atoms with Gasteiger partial charge in [0.2, 0.25) is 11.8 Å². The molecule has 4 N–H and O–H groups in total. The SMILES string of the molecule is CC(=O)CC(C)(C)[C@H](NC(=O)c1ccccn1)C(=O)N[C@@H](Cc1ccccc1)[C@H](O)CN1CC2CCCC[C@H]2C[C@H]1C(=O)NC(C)(C)C. The van der Waals surface area contributed by atoms with Crippen LogP contribution in [-0.4, -0.2) is 81.4 Å². The minimum atomic E-state index is -1.09. The molecule has 1 saturated heterocycles. The first-order valence-corrected chi connectivity index (χ1v) is 17.4. The molecule has 1 aliphatic carbocycles. The summed E-state index contributed by atoms with van der Waals surface area (Å²) in [6.07, 6.45) is 6.19. The van der Waals surface area contributed by atoms with Crippen molar-refractivity contribution in [2.45, 2.75) is 116 Å². The second-order valence-electron chi connectivity index (χ2n) is 15.6. The van der Waals surface area contributed by atoms with E-state index in [2.05, 4.69) is 25.8 Å². The highest BCUT2D eigenvalue weighted by Crippen LogP contribution is 2.39. The third-order valence-electron chi connectivity index (χ3n) is 9.74. The third kappa shape index (κ3) is 10.4. The maximum atomic E-state index is 14.2. The fraction of sp³-hybridized carbons (Fsp3) is 0.605. The van der Waals surface area contributed by atoms with Crippen LogP contribution in [-0.2, 0) is 20.8 Å². The minimum absolute atomic E-state index is 0.0364. The first kappa shape index (κ1) is 37.2. The molecule has 2 aromatic rings. The van der Waals surface area contributed by atoms with Gasteiger partial charge >= 0.3 is 0 Å². The predicted octanol–water partition coefficient (Wildman–Crippen LogP) is 4.07. The van der Waals surface area contributed by atoms with Gasteiger partial charge in [0.15, 0.2) is 0 Å². The van der Waals surface area contributed by atoms with Crippen molar-refractivity contribution in [3.63, 3.8) is 0 Å². The number of aromatic nitrogens is 1. The highest BCUT2D eigenvalue weighted by Gasteiger charge is 2.43. The molecule has 1 unspecified atom stereocenters. The largest absolute Gasteiger partial charge is 0.390 e. The van der Waals surface area contributed by atoms with Crippen LogP contribution >= 0.6 is 0 Å². The number of aliphatic hydroxyl groups is 1. The van der Waals surface area contributed by atoms with Crippen molar-refractivity contribution in [2.24, 2.45) is 17.3 Å². The van der Waals surface area contributed by atoms with Crippen LogP contribution < -0.4 is 16.0 Å². The summed E-state index contributed by atoms with van der Waals surface area (Å²) in [6.45, 7) is 11.8. The Morgan fingerprint density at radius 2 is 1.60 bits per heavy atom. The van der Waals surface area contributed by atoms with E-state index in [-0.39, 0.29) is 36.4 Å². The topological polar surface area (TPSA) is 141 Å². The number of fused-ring (bicyclic) bond motifs is 1. The highest BCUT2D eigenvalue weighted by molar-refractivity contribution is 5.96. The van der Waals surface area contributed by atoms with Gasteiger partial charge < -0.3 is 25.9 Å². The summed E-state index contributed by atoms with van der Waals surface area (Å²) in [6, 6.07) is 12.4. The highest BCUT2D eigenvalue weighted by atomic mass is 16.3. The molecule has 2 heterocycles. The van der Waals surface area contributed by atoms with E-state index in [1.165, 1.54) is 26.0 Å². The fourth-order valence-corrected chi connectivity index (χ4v) is 7.47. The number of β-amino-alcohol motifs (C(OH)–C–C–N with tert-alkyl or cyclic N) is 1. The van der Waals surface area contributed by atoms with Crippen molar-refractivity contribution in [2.75, 3.05) is 13.1 Å². The van der Waals surface area contributed by atoms with E-state index in [4.69, 9.17) is 0 Å². The summed E-state index contributed by atoms with van der Waals surface area (Å²) in [7, 11) is 0. The Labute approximate surface area is 285 Å². The first-order valence-electron chi connectivity index (χ1n) is 17.4. The number of rotatable bonds is 13. The number of piperidine rings is 1. The molecular weight excluding hydrogens is 606 g/mol. The number of ketones is 1. The predicted molar refractivity (Wildman–Crippen MR) is 186 cm³/mol. The van der Waals surface area contributed by atoms with Crippen LogP contribution in [0.2, 0.25) is 0 Å². The summed E-state index contributed by atoms with van der Waals surface area (Å²) in [5.41, 5.74) is -0.259. The molecule has 6 atom stereocenters. The average Bonchev–Trinajstić information content (AvgIpc) is 3.02. The molecule has 1 aromatic heterocycles. The van der Waals surface area contributed by atoms with Gasteiger partial charge in [-0.05, 0) is 76.5 Å². The molecule has 48 heavy (non-hydrogen) atoms. The zero-order valence-corrected chi connectivity index (χ0v) is 29.5. The Morgan fingerprint density at radius 3 is 2.23 bits per heavy atom. The molecule has 1 aliphatic heterocycles. The van der Waals surface area contributed by atoms with E-state index in [0.717, 1.165) is 24.8 Å². The van der Waals surface area contributed by atoms with Gasteiger partial charge in [-0.2, -0.15) is 0 Å². The molecular formula is C38H55N5O5. The van der Waals surface area contributed by atoms with Crippen LogP contribution in [0.5, 0.6) is 0 Å². The number of benzene rings is 1. The first-order chi connectivity index (χ1) is 22.6. The quantitative estimate of drug-likeness (QED) is 0.254. The number of hydrogen-bond donors (Lipinski definition) is 4. The van der Waals surface area contributed by atoms with Crippen molar-refractivity contribution >= 4 is 23.5 Å². The van der Waals surface area contributed by atoms with Crippen LogP contribution in [0.25, 0.3) is 0 Å². The molecule has 2 aliphatic rings. The molecule has 10 nitrogen and oxygen atoms in total. The Bertz CT molecular complexity index is 1390. The number of amides is 3. The lowest BCUT2D eigenvalue weighted by atomic mass is 9.72. The Kier molecular flexibility index (Phi) is 12.5. The van der Waals surface area contributed by atoms with Gasteiger partial charge in [0.1, 0.15) is 17.5 Å². The van der Waals surface area contributed by atoms with Gasteiger partial charge in [0, 0.05) is 36.7 Å². The van der Waals surface area contributed by atoms with Crippen molar-refractivity contribution in [1.29, 1.82) is 0 Å². The van der Waals surface area contributed by atoms with Crippen molar-refractivity contribution in [3.8, 4) is 0 Å². The number of carbonyl (C=O) groups excluding carboxylic acids is 4. The van der Waals surface area contributed by atoms with E-state index in [1.807, 2.05) is 51.1 Å². The zero-order chi connectivity index (χ0) is 35.1. The van der Waals surface area contributed by atoms with Crippen molar-refractivity contribution in [3.05, 3.63) is 66.0 Å². The fourth-order valence-electron chi connectivity index (χ4n) is 7.47. The van der Waals surface area contributed by atoms with Gasteiger partial charge in [0.25, 0.3) is 5.91 Å². The number of nitrogens with one attached hydrogen (secondary N) is 3. The summed E-state index contributed by atoms with van der Waals surface area (Å²) >= 11 is 0. The lowest BCUT2D eigenvalue weighted by molar-refractivity contribution is -0.134. The Morgan fingerprint density at radius 1 is 0.938 bits per heavy atom. The van der Waals surface area contributed by atoms with E-state index in [1.54, 1.807) is 32.0 Å². The van der Waals surface area contributed by atoms with Crippen LogP contribution in [0.15, 0.2) is 54.7 Å². The lowest BCUT2D eigenvalue weighted by Crippen LogP contribution is -2.62. The van der Waals surface area contributed by atoms with Crippen LogP contribution in [0.1, 0.15) is 96.1 Å². The zero-order valence-electron chi connectivity index (χ0n) is 29.5. The molecule has 0 bridgehead atoms. The maximum Gasteiger partial charge on any atom is 0.270 e. The van der Waals surface area contributed by atoms with Crippen LogP contribution in [0, 0.1) is 17.3 Å². The van der Waals surface area contributed by atoms with Gasteiger partial charge in [-0.25, -0.2) is 0 Å². The molecule has 4 rings (SSSR count). The number of pyridine rings is 1. The molecule has 262 valence electrons. The Balaban J connectivity index is 1.61.